The van der Waals surface area contributed by atoms with Crippen LogP contribution in [0.15, 0.2) is 35.9 Å². The lowest BCUT2D eigenvalue weighted by Gasteiger charge is -2.22. The molecule has 0 saturated carbocycles. The maximum atomic E-state index is 12.5. The highest BCUT2D eigenvalue weighted by Gasteiger charge is 2.24. The molecule has 2 N–H and O–H groups in total. The first-order valence-corrected chi connectivity index (χ1v) is 9.30. The fraction of sp³-hybridized carbons (Fsp3) is 0.524. The average Bonchev–Trinajstić information content (AvgIpc) is 2.60. The van der Waals surface area contributed by atoms with Crippen LogP contribution in [0.5, 0.6) is 0 Å². The highest BCUT2D eigenvalue weighted by Crippen LogP contribution is 2.19. The lowest BCUT2D eigenvalue weighted by molar-refractivity contribution is -0.123. The van der Waals surface area contributed by atoms with Gasteiger partial charge in [-0.1, -0.05) is 43.2 Å². The maximum Gasteiger partial charge on any atom is 0.251 e. The van der Waals surface area contributed by atoms with Gasteiger partial charge in [-0.25, -0.2) is 0 Å². The first-order chi connectivity index (χ1) is 12.0. The van der Waals surface area contributed by atoms with E-state index in [-0.39, 0.29) is 17.7 Å². The van der Waals surface area contributed by atoms with Crippen LogP contribution in [-0.4, -0.2) is 24.4 Å². The summed E-state index contributed by atoms with van der Waals surface area (Å²) >= 11 is 0. The van der Waals surface area contributed by atoms with Crippen molar-refractivity contribution in [3.63, 3.8) is 0 Å². The molecule has 0 heterocycles. The molecule has 0 fully saturated rings. The number of amides is 2. The van der Waals surface area contributed by atoms with Gasteiger partial charge in [0.1, 0.15) is 6.04 Å². The Kier molecular flexibility index (Phi) is 7.23. The number of nitrogens with one attached hydrogen (secondary N) is 2. The van der Waals surface area contributed by atoms with Crippen LogP contribution in [0.4, 0.5) is 0 Å². The number of aryl methyl sites for hydroxylation is 1. The van der Waals surface area contributed by atoms with Crippen LogP contribution in [0, 0.1) is 12.8 Å². The molecule has 2 rings (SSSR count). The van der Waals surface area contributed by atoms with Gasteiger partial charge in [-0.05, 0) is 57.1 Å². The van der Waals surface area contributed by atoms with E-state index >= 15 is 0 Å². The van der Waals surface area contributed by atoms with Crippen molar-refractivity contribution in [1.82, 2.24) is 10.6 Å². The molecule has 25 heavy (non-hydrogen) atoms. The highest BCUT2D eigenvalue weighted by atomic mass is 16.2. The standard InChI is InChI=1S/C21H30N2O2/c1-15(2)19(23-20(24)18-11-9-16(3)10-12-18)21(25)22-14-13-17-7-5-4-6-8-17/h7,9-12,15,19H,4-6,8,13-14H2,1-3H3,(H,22,25)(H,23,24)/t19-/m1/s1. The van der Waals surface area contributed by atoms with Crippen LogP contribution < -0.4 is 10.6 Å². The van der Waals surface area contributed by atoms with Gasteiger partial charge in [0.15, 0.2) is 0 Å². The molecule has 4 heteroatoms. The monoisotopic (exact) mass is 342 g/mol. The van der Waals surface area contributed by atoms with Gasteiger partial charge in [-0.3, -0.25) is 9.59 Å². The first kappa shape index (κ1) is 19.2. The van der Waals surface area contributed by atoms with E-state index in [0.717, 1.165) is 24.8 Å². The van der Waals surface area contributed by atoms with Crippen LogP contribution in [0.3, 0.4) is 0 Å². The zero-order chi connectivity index (χ0) is 18.2. The third kappa shape index (κ3) is 6.04. The second-order valence-electron chi connectivity index (χ2n) is 7.21. The summed E-state index contributed by atoms with van der Waals surface area (Å²) in [5.41, 5.74) is 3.12. The molecule has 1 aromatic carbocycles. The minimum absolute atomic E-state index is 0.0308. The van der Waals surface area contributed by atoms with E-state index in [1.807, 2.05) is 32.9 Å². The van der Waals surface area contributed by atoms with Gasteiger partial charge in [0.2, 0.25) is 5.91 Å². The number of benzene rings is 1. The van der Waals surface area contributed by atoms with Crippen LogP contribution in [0.25, 0.3) is 0 Å². The minimum Gasteiger partial charge on any atom is -0.354 e. The summed E-state index contributed by atoms with van der Waals surface area (Å²) in [6, 6.07) is 6.86. The van der Waals surface area contributed by atoms with Gasteiger partial charge in [0.25, 0.3) is 5.91 Å². The Morgan fingerprint density at radius 3 is 2.44 bits per heavy atom. The van der Waals surface area contributed by atoms with Gasteiger partial charge in [0, 0.05) is 12.1 Å². The quantitative estimate of drug-likeness (QED) is 0.741. The summed E-state index contributed by atoms with van der Waals surface area (Å²) in [4.78, 5) is 24.9. The smallest absolute Gasteiger partial charge is 0.251 e. The number of carbonyl (C=O) groups excluding carboxylic acids is 2. The summed E-state index contributed by atoms with van der Waals surface area (Å²) in [7, 11) is 0. The lowest BCUT2D eigenvalue weighted by Crippen LogP contribution is -2.49. The van der Waals surface area contributed by atoms with Gasteiger partial charge in [-0.15, -0.1) is 0 Å². The summed E-state index contributed by atoms with van der Waals surface area (Å²) in [6.45, 7) is 6.51. The van der Waals surface area contributed by atoms with Gasteiger partial charge >= 0.3 is 0 Å². The van der Waals surface area contributed by atoms with E-state index in [4.69, 9.17) is 0 Å². The predicted molar refractivity (Wildman–Crippen MR) is 101 cm³/mol. The third-order valence-corrected chi connectivity index (χ3v) is 4.68. The van der Waals surface area contributed by atoms with Crippen molar-refractivity contribution in [2.75, 3.05) is 6.54 Å². The fourth-order valence-electron chi connectivity index (χ4n) is 3.05. The molecule has 1 aliphatic carbocycles. The Bertz CT molecular complexity index is 617. The average molecular weight is 342 g/mol. The number of allylic oxidation sites excluding steroid dienone is 1. The topological polar surface area (TPSA) is 58.2 Å². The minimum atomic E-state index is -0.519. The molecule has 4 nitrogen and oxygen atoms in total. The second-order valence-corrected chi connectivity index (χ2v) is 7.21. The van der Waals surface area contributed by atoms with Crippen molar-refractivity contribution in [2.45, 2.75) is 58.9 Å². The van der Waals surface area contributed by atoms with E-state index in [1.165, 1.54) is 18.4 Å². The lowest BCUT2D eigenvalue weighted by atomic mass is 9.97. The van der Waals surface area contributed by atoms with Crippen LogP contribution in [0.1, 0.15) is 61.9 Å². The van der Waals surface area contributed by atoms with E-state index in [0.29, 0.717) is 12.1 Å². The summed E-state index contributed by atoms with van der Waals surface area (Å²) in [5.74, 6) is -0.279. The highest BCUT2D eigenvalue weighted by molar-refractivity contribution is 5.97. The Morgan fingerprint density at radius 1 is 1.12 bits per heavy atom. The molecule has 0 bridgehead atoms. The molecule has 2 amide bonds. The molecular weight excluding hydrogens is 312 g/mol. The normalized spacial score (nSPS) is 15.4. The van der Waals surface area contributed by atoms with Crippen LogP contribution >= 0.6 is 0 Å². The fourth-order valence-corrected chi connectivity index (χ4v) is 3.05. The summed E-state index contributed by atoms with van der Waals surface area (Å²) < 4.78 is 0. The van der Waals surface area contributed by atoms with E-state index in [1.54, 1.807) is 12.1 Å². The number of carbonyl (C=O) groups is 2. The van der Waals surface area contributed by atoms with Crippen LogP contribution in [-0.2, 0) is 4.79 Å². The molecular formula is C21H30N2O2. The van der Waals surface area contributed by atoms with Crippen molar-refractivity contribution in [3.8, 4) is 0 Å². The van der Waals surface area contributed by atoms with Crippen LogP contribution in [0.2, 0.25) is 0 Å². The molecule has 0 saturated heterocycles. The van der Waals surface area contributed by atoms with Crippen molar-refractivity contribution < 1.29 is 9.59 Å². The molecule has 136 valence electrons. The van der Waals surface area contributed by atoms with Crippen molar-refractivity contribution in [1.29, 1.82) is 0 Å². The Balaban J connectivity index is 1.87. The third-order valence-electron chi connectivity index (χ3n) is 4.68. The largest absolute Gasteiger partial charge is 0.354 e. The maximum absolute atomic E-state index is 12.5. The van der Waals surface area contributed by atoms with Gasteiger partial charge < -0.3 is 10.6 Å². The molecule has 0 aromatic heterocycles. The van der Waals surface area contributed by atoms with E-state index in [2.05, 4.69) is 16.7 Å². The van der Waals surface area contributed by atoms with Crippen molar-refractivity contribution in [2.24, 2.45) is 5.92 Å². The summed E-state index contributed by atoms with van der Waals surface area (Å²) in [5, 5.41) is 5.86. The molecule has 1 atom stereocenters. The summed E-state index contributed by atoms with van der Waals surface area (Å²) in [6.07, 6.45) is 8.03. The zero-order valence-electron chi connectivity index (χ0n) is 15.6. The molecule has 1 aromatic rings. The SMILES string of the molecule is Cc1ccc(C(=O)N[C@@H](C(=O)NCCC2=CCCCC2)C(C)C)cc1. The molecule has 1 aliphatic rings. The van der Waals surface area contributed by atoms with E-state index in [9.17, 15) is 9.59 Å². The molecule has 0 unspecified atom stereocenters. The van der Waals surface area contributed by atoms with Crippen molar-refractivity contribution >= 4 is 11.8 Å². The Labute approximate surface area is 151 Å². The van der Waals surface area contributed by atoms with Crippen molar-refractivity contribution in [3.05, 3.63) is 47.0 Å². The second kappa shape index (κ2) is 9.40. The Morgan fingerprint density at radius 2 is 1.84 bits per heavy atom. The number of hydrogen-bond donors (Lipinski definition) is 2. The molecule has 0 aliphatic heterocycles. The first-order valence-electron chi connectivity index (χ1n) is 9.30. The van der Waals surface area contributed by atoms with Gasteiger partial charge in [-0.2, -0.15) is 0 Å². The van der Waals surface area contributed by atoms with E-state index < -0.39 is 6.04 Å². The molecule has 0 radical (unpaired) electrons. The van der Waals surface area contributed by atoms with Gasteiger partial charge in [0.05, 0.1) is 0 Å². The number of hydrogen-bond acceptors (Lipinski definition) is 2. The Hall–Kier alpha value is -2.10. The number of rotatable bonds is 7. The zero-order valence-corrected chi connectivity index (χ0v) is 15.6. The molecule has 0 spiro atoms. The predicted octanol–water partition coefficient (Wildman–Crippen LogP) is 3.76.